The fourth-order valence-corrected chi connectivity index (χ4v) is 5.01. The molecule has 4 rings (SSSR count). The third-order valence-electron chi connectivity index (χ3n) is 7.07. The molecule has 1 heterocycles. The lowest BCUT2D eigenvalue weighted by Gasteiger charge is -2.24. The number of rotatable bonds is 9. The first-order chi connectivity index (χ1) is 20.0. The minimum atomic E-state index is -1.06. The van der Waals surface area contributed by atoms with E-state index in [2.05, 4.69) is 5.16 Å². The summed E-state index contributed by atoms with van der Waals surface area (Å²) in [5.74, 6) is -4.14. The van der Waals surface area contributed by atoms with Gasteiger partial charge in [-0.25, -0.2) is 13.6 Å². The number of halogens is 3. The Morgan fingerprint density at radius 1 is 1.10 bits per heavy atom. The van der Waals surface area contributed by atoms with Crippen molar-refractivity contribution in [2.24, 2.45) is 11.1 Å². The minimum Gasteiger partial charge on any atom is -0.496 e. The lowest BCUT2D eigenvalue weighted by atomic mass is 9.93. The van der Waals surface area contributed by atoms with E-state index >= 15 is 0 Å². The molecule has 1 saturated heterocycles. The van der Waals surface area contributed by atoms with Crippen molar-refractivity contribution in [2.45, 2.75) is 38.5 Å². The van der Waals surface area contributed by atoms with Crippen LogP contribution in [0.25, 0.3) is 0 Å². The molecule has 2 amide bonds. The summed E-state index contributed by atoms with van der Waals surface area (Å²) in [5, 5.41) is 13.7. The highest BCUT2D eigenvalue weighted by atomic mass is 35.5. The van der Waals surface area contributed by atoms with Gasteiger partial charge in [0.25, 0.3) is 0 Å². The molecule has 0 spiro atoms. The van der Waals surface area contributed by atoms with Gasteiger partial charge >= 0.3 is 5.97 Å². The van der Waals surface area contributed by atoms with Gasteiger partial charge in [-0.05, 0) is 66.6 Å². The third kappa shape index (κ3) is 7.70. The fraction of sp³-hybridized carbons (Fsp3) is 0.290. The number of carbonyl (C=O) groups is 3. The van der Waals surface area contributed by atoms with Gasteiger partial charge in [-0.15, -0.1) is 0 Å². The summed E-state index contributed by atoms with van der Waals surface area (Å²) in [7, 11) is 1.51. The highest BCUT2D eigenvalue weighted by Crippen LogP contribution is 2.30. The topological polar surface area (TPSA) is 106 Å². The molecule has 220 valence electrons. The maximum Gasteiger partial charge on any atom is 0.335 e. The number of carboxylic acids is 1. The lowest BCUT2D eigenvalue weighted by Crippen LogP contribution is -2.42. The Balaban J connectivity index is 1.59. The van der Waals surface area contributed by atoms with Crippen molar-refractivity contribution in [3.63, 3.8) is 0 Å². The number of ether oxygens (including phenoxy) is 1. The average molecular weight is 599 g/mol. The fourth-order valence-electron chi connectivity index (χ4n) is 4.81. The highest BCUT2D eigenvalue weighted by molar-refractivity contribution is 6.30. The maximum absolute atomic E-state index is 13.8. The van der Waals surface area contributed by atoms with Crippen LogP contribution in [-0.2, 0) is 16.0 Å². The molecule has 0 radical (unpaired) electrons. The molecule has 0 saturated carbocycles. The van der Waals surface area contributed by atoms with Crippen LogP contribution in [0.2, 0.25) is 5.02 Å². The van der Waals surface area contributed by atoms with Gasteiger partial charge in [0.05, 0.1) is 24.9 Å². The summed E-state index contributed by atoms with van der Waals surface area (Å²) in [4.78, 5) is 45.0. The predicted octanol–water partition coefficient (Wildman–Crippen LogP) is 6.26. The number of carbonyl (C=O) groups excluding carboxylic acids is 2. The molecule has 1 fully saturated rings. The number of benzene rings is 3. The number of nitrogens with zero attached hydrogens (tertiary/aromatic N) is 2. The Labute approximate surface area is 246 Å². The second kappa shape index (κ2) is 13.6. The summed E-state index contributed by atoms with van der Waals surface area (Å²) < 4.78 is 32.7. The Kier molecular flexibility index (Phi) is 9.90. The minimum absolute atomic E-state index is 0.0331. The van der Waals surface area contributed by atoms with Gasteiger partial charge in [0.1, 0.15) is 17.4 Å². The molecule has 1 unspecified atom stereocenters. The second-order valence-corrected chi connectivity index (χ2v) is 10.5. The van der Waals surface area contributed by atoms with Crippen molar-refractivity contribution in [3.05, 3.63) is 94.0 Å². The summed E-state index contributed by atoms with van der Waals surface area (Å²) in [6.45, 7) is 1.64. The average Bonchev–Trinajstić information content (AvgIpc) is 3.10. The number of methoxy groups -OCH3 is 1. The smallest absolute Gasteiger partial charge is 0.335 e. The van der Waals surface area contributed by atoms with Crippen LogP contribution < -0.4 is 9.57 Å². The molecule has 11 heteroatoms. The zero-order valence-corrected chi connectivity index (χ0v) is 23.7. The number of likely N-dealkylation sites (tertiary alicyclic amines) is 1. The van der Waals surface area contributed by atoms with E-state index in [4.69, 9.17) is 26.3 Å². The summed E-state index contributed by atoms with van der Waals surface area (Å²) in [6.07, 6.45) is 0.827. The Hall–Kier alpha value is -4.31. The van der Waals surface area contributed by atoms with Crippen molar-refractivity contribution in [1.82, 2.24) is 4.90 Å². The zero-order chi connectivity index (χ0) is 30.4. The molecule has 8 nitrogen and oxygen atoms in total. The van der Waals surface area contributed by atoms with Crippen molar-refractivity contribution < 1.29 is 37.8 Å². The highest BCUT2D eigenvalue weighted by Gasteiger charge is 2.34. The van der Waals surface area contributed by atoms with Crippen LogP contribution in [0.5, 0.6) is 11.5 Å². The van der Waals surface area contributed by atoms with E-state index in [1.54, 1.807) is 37.3 Å². The molecular weight excluding hydrogens is 570 g/mol. The van der Waals surface area contributed by atoms with Gasteiger partial charge in [-0.1, -0.05) is 35.8 Å². The van der Waals surface area contributed by atoms with Gasteiger partial charge in [0.15, 0.2) is 5.75 Å². The number of oxime groups is 1. The van der Waals surface area contributed by atoms with E-state index in [0.717, 1.165) is 22.6 Å². The van der Waals surface area contributed by atoms with Crippen LogP contribution in [0.4, 0.5) is 8.78 Å². The van der Waals surface area contributed by atoms with Gasteiger partial charge in [-0.2, -0.15) is 0 Å². The van der Waals surface area contributed by atoms with Crippen LogP contribution in [0.3, 0.4) is 0 Å². The molecule has 1 aliphatic rings. The first-order valence-electron chi connectivity index (χ1n) is 13.2. The van der Waals surface area contributed by atoms with E-state index < -0.39 is 35.3 Å². The largest absolute Gasteiger partial charge is 0.496 e. The number of aromatic carboxylic acids is 1. The second-order valence-electron chi connectivity index (χ2n) is 10.1. The van der Waals surface area contributed by atoms with Gasteiger partial charge in [0, 0.05) is 35.6 Å². The van der Waals surface area contributed by atoms with Crippen molar-refractivity contribution >= 4 is 35.1 Å². The number of amides is 2. The first kappa shape index (κ1) is 30.6. The molecule has 42 heavy (non-hydrogen) atoms. The molecule has 0 aromatic heterocycles. The summed E-state index contributed by atoms with van der Waals surface area (Å²) in [5.41, 5.74) is 1.91. The Morgan fingerprint density at radius 2 is 1.79 bits per heavy atom. The van der Waals surface area contributed by atoms with E-state index in [1.807, 2.05) is 0 Å². The molecular formula is C31H29ClF2N2O6. The van der Waals surface area contributed by atoms with Crippen molar-refractivity contribution in [1.29, 1.82) is 0 Å². The van der Waals surface area contributed by atoms with E-state index in [0.29, 0.717) is 34.5 Å². The lowest BCUT2D eigenvalue weighted by molar-refractivity contribution is -0.146. The van der Waals surface area contributed by atoms with E-state index in [1.165, 1.54) is 19.2 Å². The van der Waals surface area contributed by atoms with Crippen molar-refractivity contribution in [2.75, 3.05) is 13.7 Å². The van der Waals surface area contributed by atoms with Gasteiger partial charge in [-0.3, -0.25) is 14.5 Å². The summed E-state index contributed by atoms with van der Waals surface area (Å²) >= 11 is 6.20. The SMILES string of the molecule is COc1ccc(Cl)cc1CC1CC/C(=N\Oc2cc(F)cc(F)c2)CN(C(=O)C[C@H](C)c2ccc(C(=O)O)cc2)C1=O. The van der Waals surface area contributed by atoms with Crippen LogP contribution in [0.1, 0.15) is 53.6 Å². The van der Waals surface area contributed by atoms with Crippen molar-refractivity contribution in [3.8, 4) is 11.5 Å². The quantitative estimate of drug-likeness (QED) is 0.291. The standard InChI is InChI=1S/C31H29ClF2N2O6/c1-18(19-3-5-20(6-4-19)31(39)40)11-29(37)36-17-26(35-42-27-15-24(33)14-25(34)16-27)9-7-21(30(36)38)12-22-13-23(32)8-10-28(22)41-2/h3-6,8,10,13-16,18,21H,7,9,11-12,17H2,1-2H3,(H,39,40)/b35-26+/t18-,21?/m0/s1. The number of imide groups is 1. The number of hydrogen-bond donors (Lipinski definition) is 1. The normalized spacial score (nSPS) is 17.1. The maximum atomic E-state index is 13.8. The molecule has 3 aromatic carbocycles. The number of hydrogen-bond acceptors (Lipinski definition) is 6. The van der Waals surface area contributed by atoms with Crippen LogP contribution in [0.15, 0.2) is 65.8 Å². The van der Waals surface area contributed by atoms with Gasteiger partial charge in [0.2, 0.25) is 11.8 Å². The molecule has 2 atom stereocenters. The van der Waals surface area contributed by atoms with Crippen LogP contribution in [0, 0.1) is 17.6 Å². The summed E-state index contributed by atoms with van der Waals surface area (Å²) in [6, 6.07) is 13.9. The monoisotopic (exact) mass is 598 g/mol. The van der Waals surface area contributed by atoms with E-state index in [9.17, 15) is 23.2 Å². The third-order valence-corrected chi connectivity index (χ3v) is 7.31. The van der Waals surface area contributed by atoms with Gasteiger partial charge < -0.3 is 14.7 Å². The number of carboxylic acid groups (broad SMARTS) is 1. The molecule has 1 N–H and O–H groups in total. The first-order valence-corrected chi connectivity index (χ1v) is 13.6. The zero-order valence-electron chi connectivity index (χ0n) is 23.0. The van der Waals surface area contributed by atoms with Crippen LogP contribution >= 0.6 is 11.6 Å². The Morgan fingerprint density at radius 3 is 2.43 bits per heavy atom. The van der Waals surface area contributed by atoms with Crippen LogP contribution in [-0.4, -0.2) is 47.2 Å². The molecule has 0 aliphatic carbocycles. The molecule has 1 aliphatic heterocycles. The predicted molar refractivity (Wildman–Crippen MR) is 152 cm³/mol. The molecule has 0 bridgehead atoms. The van der Waals surface area contributed by atoms with E-state index in [-0.39, 0.29) is 43.0 Å². The molecule has 3 aromatic rings. The Bertz CT molecular complexity index is 1490.